The summed E-state index contributed by atoms with van der Waals surface area (Å²) in [6, 6.07) is 0. The highest BCUT2D eigenvalue weighted by Crippen LogP contribution is 2.68. The molecule has 7 aliphatic rings. The van der Waals surface area contributed by atoms with Crippen molar-refractivity contribution in [3.63, 3.8) is 0 Å². The van der Waals surface area contributed by atoms with Crippen LogP contribution in [0.5, 0.6) is 0 Å². The van der Waals surface area contributed by atoms with E-state index in [1.54, 1.807) is 13.8 Å². The van der Waals surface area contributed by atoms with E-state index in [9.17, 15) is 14.4 Å². The predicted molar refractivity (Wildman–Crippen MR) is 204 cm³/mol. The molecule has 14 nitrogen and oxygen atoms in total. The van der Waals surface area contributed by atoms with Crippen molar-refractivity contribution in [2.45, 2.75) is 199 Å². The summed E-state index contributed by atoms with van der Waals surface area (Å²) in [5.74, 6) is -0.667. The topological polar surface area (TPSA) is 170 Å². The molecule has 4 aliphatic carbocycles. The van der Waals surface area contributed by atoms with Crippen LogP contribution in [0.15, 0.2) is 12.3 Å². The summed E-state index contributed by atoms with van der Waals surface area (Å²) in [5, 5.41) is 0. The number of esters is 3. The first kappa shape index (κ1) is 42.8. The van der Waals surface area contributed by atoms with Gasteiger partial charge in [-0.3, -0.25) is 14.4 Å². The van der Waals surface area contributed by atoms with Crippen molar-refractivity contribution in [1.82, 2.24) is 0 Å². The van der Waals surface area contributed by atoms with Crippen molar-refractivity contribution in [2.75, 3.05) is 7.11 Å². The van der Waals surface area contributed by atoms with Gasteiger partial charge < -0.3 is 53.1 Å². The molecule has 0 aromatic heterocycles. The summed E-state index contributed by atoms with van der Waals surface area (Å²) < 4.78 is 62.1. The molecular weight excluding hydrogens is 738 g/mol. The van der Waals surface area contributed by atoms with Crippen LogP contribution < -0.4 is 5.73 Å². The molecule has 14 heteroatoms. The first-order valence-corrected chi connectivity index (χ1v) is 21.2. The van der Waals surface area contributed by atoms with Gasteiger partial charge in [0.1, 0.15) is 18.3 Å². The molecule has 7 fully saturated rings. The van der Waals surface area contributed by atoms with E-state index in [-0.39, 0.29) is 34.4 Å². The van der Waals surface area contributed by atoms with Gasteiger partial charge >= 0.3 is 17.9 Å². The molecule has 322 valence electrons. The van der Waals surface area contributed by atoms with Gasteiger partial charge in [-0.1, -0.05) is 20.4 Å². The van der Waals surface area contributed by atoms with Crippen molar-refractivity contribution in [2.24, 2.45) is 40.2 Å². The molecule has 7 rings (SSSR count). The minimum Gasteiger partial charge on any atom is -0.489 e. The summed E-state index contributed by atoms with van der Waals surface area (Å²) in [6.07, 6.45) is 0.533. The Labute approximate surface area is 337 Å². The van der Waals surface area contributed by atoms with Crippen molar-refractivity contribution in [1.29, 1.82) is 0 Å². The van der Waals surface area contributed by atoms with E-state index in [1.165, 1.54) is 21.0 Å². The number of nitrogens with two attached hydrogens (primary N) is 1. The molecule has 3 heterocycles. The maximum atomic E-state index is 12.9. The molecule has 0 spiro atoms. The van der Waals surface area contributed by atoms with Crippen LogP contribution in [0.3, 0.4) is 0 Å². The van der Waals surface area contributed by atoms with E-state index in [0.717, 1.165) is 57.8 Å². The van der Waals surface area contributed by atoms with Gasteiger partial charge in [0.15, 0.2) is 36.7 Å². The van der Waals surface area contributed by atoms with Gasteiger partial charge in [-0.25, -0.2) is 0 Å². The fourth-order valence-electron chi connectivity index (χ4n) is 12.6. The van der Waals surface area contributed by atoms with Crippen LogP contribution in [-0.2, 0) is 61.8 Å². The monoisotopic (exact) mass is 805 g/mol. The quantitative estimate of drug-likeness (QED) is 0.135. The highest BCUT2D eigenvalue weighted by atomic mass is 16.8. The van der Waals surface area contributed by atoms with Gasteiger partial charge in [0.25, 0.3) is 0 Å². The average molecular weight is 806 g/mol. The number of methoxy groups -OCH3 is 1. The highest BCUT2D eigenvalue weighted by molar-refractivity contribution is 5.74. The number of fused-ring (bicyclic) bond motifs is 6. The zero-order valence-electron chi connectivity index (χ0n) is 35.6. The Hall–Kier alpha value is -2.33. The highest BCUT2D eigenvalue weighted by Gasteiger charge is 2.68. The lowest BCUT2D eigenvalue weighted by Crippen LogP contribution is -2.67. The fourth-order valence-corrected chi connectivity index (χ4v) is 12.6. The van der Waals surface area contributed by atoms with Crippen LogP contribution in [0.4, 0.5) is 0 Å². The lowest BCUT2D eigenvalue weighted by Gasteiger charge is -2.64. The lowest BCUT2D eigenvalue weighted by molar-refractivity contribution is -0.348. The molecule has 0 radical (unpaired) electrons. The van der Waals surface area contributed by atoms with Crippen LogP contribution >= 0.6 is 0 Å². The van der Waals surface area contributed by atoms with Crippen LogP contribution in [0.25, 0.3) is 0 Å². The third-order valence-electron chi connectivity index (χ3n) is 15.3. The Balaban J connectivity index is 1.05. The number of rotatable bonds is 9. The van der Waals surface area contributed by atoms with Gasteiger partial charge in [0.2, 0.25) is 0 Å². The number of ether oxygens (including phenoxy) is 10. The molecule has 18 atom stereocenters. The Morgan fingerprint density at radius 1 is 0.702 bits per heavy atom. The number of hydrogen-bond donors (Lipinski definition) is 1. The zero-order valence-corrected chi connectivity index (χ0v) is 35.6. The Kier molecular flexibility index (Phi) is 11.7. The summed E-state index contributed by atoms with van der Waals surface area (Å²) in [6.45, 7) is 20.1. The molecule has 0 aromatic rings. The van der Waals surface area contributed by atoms with Gasteiger partial charge in [0, 0.05) is 19.4 Å². The van der Waals surface area contributed by atoms with Gasteiger partial charge in [-0.15, -0.1) is 0 Å². The molecule has 0 amide bonds. The van der Waals surface area contributed by atoms with Crippen molar-refractivity contribution in [3.8, 4) is 0 Å². The largest absolute Gasteiger partial charge is 0.489 e. The van der Waals surface area contributed by atoms with Gasteiger partial charge in [-0.2, -0.15) is 0 Å². The van der Waals surface area contributed by atoms with Crippen molar-refractivity contribution < 1.29 is 61.8 Å². The molecular formula is C43H67NO13. The zero-order chi connectivity index (χ0) is 41.4. The molecule has 57 heavy (non-hydrogen) atoms. The first-order valence-electron chi connectivity index (χ1n) is 21.2. The van der Waals surface area contributed by atoms with Crippen molar-refractivity contribution in [3.05, 3.63) is 12.3 Å². The Morgan fingerprint density at radius 3 is 2.02 bits per heavy atom. The predicted octanol–water partition coefficient (Wildman–Crippen LogP) is 5.46. The third kappa shape index (κ3) is 7.56. The molecule has 2 N–H and O–H groups in total. The van der Waals surface area contributed by atoms with E-state index < -0.39 is 79.1 Å². The second-order valence-corrected chi connectivity index (χ2v) is 19.2. The normalized spacial score (nSPS) is 48.6. The van der Waals surface area contributed by atoms with E-state index >= 15 is 0 Å². The van der Waals surface area contributed by atoms with Crippen LogP contribution in [0, 0.1) is 34.5 Å². The lowest BCUT2D eigenvalue weighted by atomic mass is 9.42. The standard InChI is InChI=1S/C43H67NO13/c1-21(2)49-31-22(3)50-38(35(53-25(6)46)33(31)52-24(5)45)55-32-23(4)51-39(36-34(32)56-40(7,8)57-36)54-27-14-17-41(9)26(20-27)12-13-29-28(41)15-18-42(10)30(37(47)48-11)16-19-43(29,42)44/h22-23,26-36,38-39H,1,12-20,44H2,2-11H3/t22?,23?,26?,27-,28?,29?,30+,31?,32?,33?,34?,35?,36?,38?,39?,41-,42+,43-/m0/s1. The Bertz CT molecular complexity index is 1560. The summed E-state index contributed by atoms with van der Waals surface area (Å²) in [4.78, 5) is 37.6. The average Bonchev–Trinajstić information content (AvgIpc) is 3.60. The van der Waals surface area contributed by atoms with Crippen LogP contribution in [-0.4, -0.2) is 104 Å². The van der Waals surface area contributed by atoms with Crippen LogP contribution in [0.1, 0.15) is 120 Å². The first-order chi connectivity index (χ1) is 26.7. The summed E-state index contributed by atoms with van der Waals surface area (Å²) in [7, 11) is 1.49. The van der Waals surface area contributed by atoms with E-state index in [0.29, 0.717) is 23.5 Å². The molecule has 0 bridgehead atoms. The fraction of sp³-hybridized carbons (Fsp3) is 0.884. The SMILES string of the molecule is C=C(C)OC1C(C)OC(OC2C(C)OC(O[C@H]3CC[C@@]4(C)C(CCC5C4CC[C@]4(C)[C@@H](C(=O)OC)CC[C@]54N)C3)C3OC(C)(C)OC23)C(OC(C)=O)C1OC(C)=O. The van der Waals surface area contributed by atoms with E-state index in [2.05, 4.69) is 20.4 Å². The molecule has 0 aromatic carbocycles. The van der Waals surface area contributed by atoms with E-state index in [4.69, 9.17) is 53.1 Å². The summed E-state index contributed by atoms with van der Waals surface area (Å²) >= 11 is 0. The smallest absolute Gasteiger partial charge is 0.309 e. The second kappa shape index (κ2) is 15.6. The van der Waals surface area contributed by atoms with E-state index in [1.807, 2.05) is 20.8 Å². The molecule has 4 saturated carbocycles. The minimum atomic E-state index is -1.16. The van der Waals surface area contributed by atoms with Gasteiger partial charge in [-0.05, 0) is 121 Å². The minimum absolute atomic E-state index is 0.0382. The second-order valence-electron chi connectivity index (χ2n) is 19.2. The summed E-state index contributed by atoms with van der Waals surface area (Å²) in [5.41, 5.74) is 6.97. The van der Waals surface area contributed by atoms with Gasteiger partial charge in [0.05, 0.1) is 37.1 Å². The number of hydrogen-bond acceptors (Lipinski definition) is 14. The number of carbonyl (C=O) groups is 3. The third-order valence-corrected chi connectivity index (χ3v) is 15.3. The maximum Gasteiger partial charge on any atom is 0.309 e. The molecule has 3 saturated heterocycles. The molecule has 3 aliphatic heterocycles. The maximum absolute atomic E-state index is 12.9. The number of allylic oxidation sites excluding steroid dienone is 1. The number of carbonyl (C=O) groups excluding carboxylic acids is 3. The van der Waals surface area contributed by atoms with Crippen LogP contribution in [0.2, 0.25) is 0 Å². The van der Waals surface area contributed by atoms with Crippen molar-refractivity contribution >= 4 is 17.9 Å². The Morgan fingerprint density at radius 2 is 1.35 bits per heavy atom. The molecule has 13 unspecified atom stereocenters.